The van der Waals surface area contributed by atoms with Crippen LogP contribution in [0.5, 0.6) is 0 Å². The van der Waals surface area contributed by atoms with Crippen LogP contribution in [0.4, 0.5) is 5.82 Å². The molecule has 0 unspecified atom stereocenters. The van der Waals surface area contributed by atoms with Crippen molar-refractivity contribution < 1.29 is 4.79 Å². The lowest BCUT2D eigenvalue weighted by atomic mass is 9.99. The minimum Gasteiger partial charge on any atom is -0.383 e. The summed E-state index contributed by atoms with van der Waals surface area (Å²) < 4.78 is 0.762. The lowest BCUT2D eigenvalue weighted by Gasteiger charge is -2.45. The summed E-state index contributed by atoms with van der Waals surface area (Å²) in [4.78, 5) is 20.7. The van der Waals surface area contributed by atoms with E-state index in [0.29, 0.717) is 18.7 Å². The number of anilines is 1. The van der Waals surface area contributed by atoms with E-state index in [9.17, 15) is 4.79 Å². The summed E-state index contributed by atoms with van der Waals surface area (Å²) in [5.74, 6) is 0.234. The van der Waals surface area contributed by atoms with Crippen molar-refractivity contribution in [1.29, 1.82) is 0 Å². The van der Waals surface area contributed by atoms with Crippen LogP contribution in [0.15, 0.2) is 16.7 Å². The van der Waals surface area contributed by atoms with Crippen molar-refractivity contribution in [1.82, 2.24) is 14.8 Å². The zero-order valence-corrected chi connectivity index (χ0v) is 13.1. The maximum atomic E-state index is 12.5. The predicted molar refractivity (Wildman–Crippen MR) is 79.0 cm³/mol. The van der Waals surface area contributed by atoms with Gasteiger partial charge in [-0.05, 0) is 42.9 Å². The molecule has 0 aliphatic carbocycles. The normalized spacial score (nSPS) is 19.5. The largest absolute Gasteiger partial charge is 0.383 e. The molecule has 2 N–H and O–H groups in total. The molecule has 6 heteroatoms. The first kappa shape index (κ1) is 14.3. The summed E-state index contributed by atoms with van der Waals surface area (Å²) in [5.41, 5.74) is 6.24. The van der Waals surface area contributed by atoms with E-state index in [0.717, 1.165) is 11.0 Å². The van der Waals surface area contributed by atoms with E-state index in [1.807, 2.05) is 4.90 Å². The Morgan fingerprint density at radius 3 is 2.79 bits per heavy atom. The van der Waals surface area contributed by atoms with E-state index in [1.165, 1.54) is 0 Å². The molecule has 2 heterocycles. The van der Waals surface area contributed by atoms with Crippen LogP contribution in [0, 0.1) is 0 Å². The highest BCUT2D eigenvalue weighted by Crippen LogP contribution is 2.23. The van der Waals surface area contributed by atoms with Gasteiger partial charge in [-0.25, -0.2) is 4.98 Å². The maximum absolute atomic E-state index is 12.5. The second-order valence-electron chi connectivity index (χ2n) is 5.55. The number of carbonyl (C=O) groups is 1. The van der Waals surface area contributed by atoms with E-state index in [2.05, 4.69) is 46.7 Å². The number of likely N-dealkylation sites (N-methyl/N-ethyl adjacent to an activating group) is 1. The van der Waals surface area contributed by atoms with Crippen molar-refractivity contribution in [2.24, 2.45) is 0 Å². The molecule has 104 valence electrons. The summed E-state index contributed by atoms with van der Waals surface area (Å²) in [6.07, 6.45) is 1.60. The van der Waals surface area contributed by atoms with Crippen LogP contribution in [0.25, 0.3) is 0 Å². The first-order valence-electron chi connectivity index (χ1n) is 6.23. The molecule has 0 atom stereocenters. The molecule has 1 amide bonds. The molecule has 5 nitrogen and oxygen atoms in total. The van der Waals surface area contributed by atoms with Crippen LogP contribution in [-0.2, 0) is 0 Å². The van der Waals surface area contributed by atoms with Gasteiger partial charge in [0.05, 0.1) is 5.56 Å². The average molecular weight is 327 g/mol. The molecule has 1 aliphatic rings. The van der Waals surface area contributed by atoms with Crippen molar-refractivity contribution in [3.05, 3.63) is 22.3 Å². The van der Waals surface area contributed by atoms with E-state index in [-0.39, 0.29) is 17.3 Å². The maximum Gasteiger partial charge on any atom is 0.257 e. The third-order valence-corrected chi connectivity index (χ3v) is 4.15. The number of nitrogens with zero attached hydrogens (tertiary/aromatic N) is 3. The van der Waals surface area contributed by atoms with E-state index < -0.39 is 0 Å². The predicted octanol–water partition coefficient (Wildman–Crippen LogP) is 1.59. The van der Waals surface area contributed by atoms with Gasteiger partial charge in [0.2, 0.25) is 0 Å². The lowest BCUT2D eigenvalue weighted by molar-refractivity contribution is 0.0312. The Kier molecular flexibility index (Phi) is 3.82. The summed E-state index contributed by atoms with van der Waals surface area (Å²) in [6.45, 7) is 6.53. The van der Waals surface area contributed by atoms with Crippen LogP contribution >= 0.6 is 15.9 Å². The summed E-state index contributed by atoms with van der Waals surface area (Å²) in [7, 11) is 2.08. The van der Waals surface area contributed by atoms with Gasteiger partial charge in [0.15, 0.2) is 0 Å². The Balaban J connectivity index is 2.23. The number of rotatable bonds is 1. The van der Waals surface area contributed by atoms with Crippen LogP contribution in [0.2, 0.25) is 0 Å². The highest BCUT2D eigenvalue weighted by atomic mass is 79.9. The number of hydrogen-bond donors (Lipinski definition) is 1. The zero-order valence-electron chi connectivity index (χ0n) is 11.5. The molecule has 0 spiro atoms. The fourth-order valence-electron chi connectivity index (χ4n) is 2.21. The quantitative estimate of drug-likeness (QED) is 0.851. The Morgan fingerprint density at radius 2 is 2.16 bits per heavy atom. The average Bonchev–Trinajstić information content (AvgIpc) is 2.35. The van der Waals surface area contributed by atoms with Gasteiger partial charge < -0.3 is 10.6 Å². The molecule has 0 saturated carbocycles. The number of aromatic nitrogens is 1. The van der Waals surface area contributed by atoms with Gasteiger partial charge in [-0.15, -0.1) is 0 Å². The van der Waals surface area contributed by atoms with Crippen molar-refractivity contribution in [2.75, 3.05) is 32.4 Å². The van der Waals surface area contributed by atoms with Gasteiger partial charge in [-0.2, -0.15) is 0 Å². The number of hydrogen-bond acceptors (Lipinski definition) is 4. The van der Waals surface area contributed by atoms with Gasteiger partial charge in [-0.3, -0.25) is 9.69 Å². The highest BCUT2D eigenvalue weighted by Gasteiger charge is 2.34. The second-order valence-corrected chi connectivity index (χ2v) is 6.46. The van der Waals surface area contributed by atoms with Gasteiger partial charge in [0.1, 0.15) is 5.82 Å². The van der Waals surface area contributed by atoms with Crippen LogP contribution in [-0.4, -0.2) is 52.9 Å². The Morgan fingerprint density at radius 1 is 1.47 bits per heavy atom. The number of nitrogens with two attached hydrogens (primary N) is 1. The van der Waals surface area contributed by atoms with Crippen LogP contribution in [0.3, 0.4) is 0 Å². The molecule has 1 aromatic rings. The Labute approximate surface area is 121 Å². The van der Waals surface area contributed by atoms with E-state index >= 15 is 0 Å². The summed E-state index contributed by atoms with van der Waals surface area (Å²) in [5, 5.41) is 0. The van der Waals surface area contributed by atoms with Crippen molar-refractivity contribution in [3.63, 3.8) is 0 Å². The molecular formula is C13H19BrN4O. The van der Waals surface area contributed by atoms with Gasteiger partial charge in [-0.1, -0.05) is 0 Å². The molecular weight excluding hydrogens is 308 g/mol. The number of amides is 1. The number of carbonyl (C=O) groups excluding carboxylic acids is 1. The monoisotopic (exact) mass is 326 g/mol. The number of nitrogen functional groups attached to an aromatic ring is 1. The van der Waals surface area contributed by atoms with Crippen LogP contribution < -0.4 is 5.73 Å². The molecule has 0 aromatic carbocycles. The van der Waals surface area contributed by atoms with E-state index in [4.69, 9.17) is 5.73 Å². The van der Waals surface area contributed by atoms with Gasteiger partial charge in [0, 0.05) is 35.8 Å². The van der Waals surface area contributed by atoms with Gasteiger partial charge in [0.25, 0.3) is 5.91 Å². The molecule has 1 aliphatic heterocycles. The molecule has 0 bridgehead atoms. The third-order valence-electron chi connectivity index (χ3n) is 3.72. The Hall–Kier alpha value is -1.14. The minimum absolute atomic E-state index is 0.0257. The molecule has 0 radical (unpaired) electrons. The second kappa shape index (κ2) is 5.09. The highest BCUT2D eigenvalue weighted by molar-refractivity contribution is 9.10. The van der Waals surface area contributed by atoms with E-state index in [1.54, 1.807) is 12.3 Å². The lowest BCUT2D eigenvalue weighted by Crippen LogP contribution is -2.58. The third kappa shape index (κ3) is 2.90. The summed E-state index contributed by atoms with van der Waals surface area (Å²) >= 11 is 3.32. The standard InChI is InChI=1S/C13H19BrN4O/c1-13(2)8-18(5-4-17(13)3)12(19)10-6-9(14)7-16-11(10)15/h6-7H,4-5,8H2,1-3H3,(H2,15,16). The fraction of sp³-hybridized carbons (Fsp3) is 0.538. The van der Waals surface area contributed by atoms with Crippen molar-refractivity contribution in [3.8, 4) is 0 Å². The summed E-state index contributed by atoms with van der Waals surface area (Å²) in [6, 6.07) is 1.73. The molecule has 2 rings (SSSR count). The minimum atomic E-state index is -0.0486. The molecule has 1 fully saturated rings. The molecule has 19 heavy (non-hydrogen) atoms. The first-order valence-corrected chi connectivity index (χ1v) is 7.02. The Bertz CT molecular complexity index is 503. The molecule has 1 saturated heterocycles. The topological polar surface area (TPSA) is 62.5 Å². The molecule has 1 aromatic heterocycles. The SMILES string of the molecule is CN1CCN(C(=O)c2cc(Br)cnc2N)CC1(C)C. The number of halogens is 1. The smallest absolute Gasteiger partial charge is 0.257 e. The fourth-order valence-corrected chi connectivity index (χ4v) is 2.54. The number of pyridine rings is 1. The first-order chi connectivity index (χ1) is 8.81. The van der Waals surface area contributed by atoms with Crippen molar-refractivity contribution in [2.45, 2.75) is 19.4 Å². The van der Waals surface area contributed by atoms with Crippen molar-refractivity contribution >= 4 is 27.7 Å². The van der Waals surface area contributed by atoms with Gasteiger partial charge >= 0.3 is 0 Å². The zero-order chi connectivity index (χ0) is 14.2. The number of piperazine rings is 1. The van der Waals surface area contributed by atoms with Crippen LogP contribution in [0.1, 0.15) is 24.2 Å².